The Balaban J connectivity index is 1.75. The van der Waals surface area contributed by atoms with Crippen LogP contribution in [0.25, 0.3) is 0 Å². The van der Waals surface area contributed by atoms with Gasteiger partial charge in [0, 0.05) is 37.4 Å². The van der Waals surface area contributed by atoms with Crippen molar-refractivity contribution in [2.45, 2.75) is 4.90 Å². The van der Waals surface area contributed by atoms with Crippen molar-refractivity contribution in [3.05, 3.63) is 84.4 Å². The van der Waals surface area contributed by atoms with E-state index >= 15 is 0 Å². The summed E-state index contributed by atoms with van der Waals surface area (Å²) in [5, 5.41) is 2.90. The van der Waals surface area contributed by atoms with Crippen LogP contribution in [0, 0.1) is 0 Å². The maximum Gasteiger partial charge on any atom is 0.285 e. The first-order chi connectivity index (χ1) is 14.0. The van der Waals surface area contributed by atoms with Crippen LogP contribution in [-0.2, 0) is 0 Å². The summed E-state index contributed by atoms with van der Waals surface area (Å²) in [5.74, 6) is -0.187. The van der Waals surface area contributed by atoms with Crippen molar-refractivity contribution in [1.82, 2.24) is 4.90 Å². The van der Waals surface area contributed by atoms with Gasteiger partial charge in [-0.25, -0.2) is 0 Å². The number of nitrogens with one attached hydrogen (secondary N) is 1. The highest BCUT2D eigenvalue weighted by Crippen LogP contribution is 2.28. The number of hydrogen-bond donors (Lipinski definition) is 1. The van der Waals surface area contributed by atoms with E-state index in [2.05, 4.69) is 5.32 Å². The molecule has 29 heavy (non-hydrogen) atoms. The maximum absolute atomic E-state index is 12.9. The number of carbonyl (C=O) groups excluding carboxylic acids is 2. The fourth-order valence-corrected chi connectivity index (χ4v) is 3.40. The van der Waals surface area contributed by atoms with Gasteiger partial charge in [0.15, 0.2) is 0 Å². The number of amides is 2. The molecule has 0 saturated heterocycles. The molecule has 2 amide bonds. The van der Waals surface area contributed by atoms with Gasteiger partial charge in [-0.2, -0.15) is 0 Å². The van der Waals surface area contributed by atoms with Crippen LogP contribution in [0.5, 0.6) is 0 Å². The smallest absolute Gasteiger partial charge is 0.285 e. The quantitative estimate of drug-likeness (QED) is 0.571. The summed E-state index contributed by atoms with van der Waals surface area (Å²) in [6.45, 7) is 0. The average molecular weight is 406 g/mol. The van der Waals surface area contributed by atoms with E-state index in [4.69, 9.17) is 0 Å². The molecular formula is C23H23N3O2S. The molecule has 0 spiro atoms. The molecule has 3 aromatic carbocycles. The minimum atomic E-state index is -0.187. The minimum absolute atomic E-state index is 0.0420. The first-order valence-electron chi connectivity index (χ1n) is 9.14. The lowest BCUT2D eigenvalue weighted by molar-refractivity contribution is 0.102. The van der Waals surface area contributed by atoms with Gasteiger partial charge in [-0.1, -0.05) is 30.3 Å². The molecule has 0 aliphatic carbocycles. The third-order valence-corrected chi connectivity index (χ3v) is 5.38. The van der Waals surface area contributed by atoms with E-state index in [1.165, 1.54) is 4.90 Å². The fraction of sp³-hybridized carbons (Fsp3) is 0.130. The predicted molar refractivity (Wildman–Crippen MR) is 120 cm³/mol. The molecule has 0 unspecified atom stereocenters. The number of carbonyl (C=O) groups is 2. The molecule has 0 aliphatic rings. The lowest BCUT2D eigenvalue weighted by atomic mass is 10.1. The monoisotopic (exact) mass is 405 g/mol. The molecule has 3 aromatic rings. The molecule has 0 bridgehead atoms. The molecule has 148 valence electrons. The minimum Gasteiger partial charge on any atom is -0.344 e. The van der Waals surface area contributed by atoms with Gasteiger partial charge in [0.2, 0.25) is 0 Å². The second-order valence-electron chi connectivity index (χ2n) is 6.65. The number of hydrogen-bond acceptors (Lipinski definition) is 4. The zero-order chi connectivity index (χ0) is 20.8. The Bertz CT molecular complexity index is 989. The molecule has 0 heterocycles. The first kappa shape index (κ1) is 20.5. The lowest BCUT2D eigenvalue weighted by Gasteiger charge is -2.22. The summed E-state index contributed by atoms with van der Waals surface area (Å²) in [4.78, 5) is 29.1. The Labute approximate surface area is 175 Å². The van der Waals surface area contributed by atoms with Gasteiger partial charge in [0.1, 0.15) is 0 Å². The van der Waals surface area contributed by atoms with E-state index in [1.807, 2.05) is 78.7 Å². The molecule has 0 aromatic heterocycles. The van der Waals surface area contributed by atoms with Gasteiger partial charge in [-0.15, -0.1) is 0 Å². The number of benzene rings is 3. The molecule has 1 N–H and O–H groups in total. The summed E-state index contributed by atoms with van der Waals surface area (Å²) in [7, 11) is 5.37. The van der Waals surface area contributed by atoms with Crippen molar-refractivity contribution in [2.75, 3.05) is 31.4 Å². The van der Waals surface area contributed by atoms with E-state index in [9.17, 15) is 9.59 Å². The van der Waals surface area contributed by atoms with E-state index < -0.39 is 0 Å². The number of nitrogens with zero attached hydrogens (tertiary/aromatic N) is 2. The fourth-order valence-electron chi connectivity index (χ4n) is 2.75. The molecule has 0 saturated carbocycles. The highest BCUT2D eigenvalue weighted by Gasteiger charge is 2.15. The zero-order valence-corrected chi connectivity index (χ0v) is 17.4. The normalized spacial score (nSPS) is 10.3. The van der Waals surface area contributed by atoms with Gasteiger partial charge < -0.3 is 15.1 Å². The number of thioether (sulfide) groups is 1. The van der Waals surface area contributed by atoms with Crippen LogP contribution in [-0.4, -0.2) is 37.2 Å². The summed E-state index contributed by atoms with van der Waals surface area (Å²) < 4.78 is 0. The van der Waals surface area contributed by atoms with Crippen molar-refractivity contribution in [3.63, 3.8) is 0 Å². The topological polar surface area (TPSA) is 52.7 Å². The first-order valence-corrected chi connectivity index (χ1v) is 9.95. The summed E-state index contributed by atoms with van der Waals surface area (Å²) in [6, 6.07) is 24.6. The van der Waals surface area contributed by atoms with Crippen molar-refractivity contribution in [3.8, 4) is 0 Å². The molecule has 0 atom stereocenters. The second-order valence-corrected chi connectivity index (χ2v) is 7.68. The van der Waals surface area contributed by atoms with Gasteiger partial charge in [0.25, 0.3) is 11.1 Å². The van der Waals surface area contributed by atoms with Crippen LogP contribution >= 0.6 is 11.8 Å². The van der Waals surface area contributed by atoms with Crippen LogP contribution < -0.4 is 10.2 Å². The summed E-state index contributed by atoms with van der Waals surface area (Å²) in [6.07, 6.45) is 0. The van der Waals surface area contributed by atoms with E-state index in [0.29, 0.717) is 11.3 Å². The molecule has 6 heteroatoms. The Hall–Kier alpha value is -3.25. The van der Waals surface area contributed by atoms with Crippen molar-refractivity contribution in [2.24, 2.45) is 0 Å². The van der Waals surface area contributed by atoms with Crippen LogP contribution in [0.3, 0.4) is 0 Å². The van der Waals surface area contributed by atoms with Crippen LogP contribution in [0.1, 0.15) is 10.4 Å². The van der Waals surface area contributed by atoms with E-state index in [0.717, 1.165) is 28.0 Å². The molecule has 0 fully saturated rings. The van der Waals surface area contributed by atoms with Crippen molar-refractivity contribution in [1.29, 1.82) is 0 Å². The summed E-state index contributed by atoms with van der Waals surface area (Å²) in [5.41, 5.74) is 3.08. The van der Waals surface area contributed by atoms with Gasteiger partial charge in [-0.05, 0) is 60.3 Å². The van der Waals surface area contributed by atoms with Gasteiger partial charge in [-0.3, -0.25) is 9.59 Å². The Morgan fingerprint density at radius 3 is 2.07 bits per heavy atom. The number of para-hydroxylation sites is 2. The standard InChI is InChI=1S/C23H23N3O2S/c1-25(2)23(28)29-19-15-13-17(14-16-19)24-22(27)20-11-7-8-12-21(20)26(3)18-9-5-4-6-10-18/h4-16H,1-3H3,(H,24,27). The number of anilines is 3. The van der Waals surface area contributed by atoms with Crippen molar-refractivity contribution < 1.29 is 9.59 Å². The molecular weight excluding hydrogens is 382 g/mol. The zero-order valence-electron chi connectivity index (χ0n) is 16.6. The van der Waals surface area contributed by atoms with Gasteiger partial charge in [0.05, 0.1) is 11.3 Å². The average Bonchev–Trinajstić information content (AvgIpc) is 2.75. The van der Waals surface area contributed by atoms with Crippen molar-refractivity contribution >= 4 is 40.0 Å². The van der Waals surface area contributed by atoms with Crippen LogP contribution in [0.2, 0.25) is 0 Å². The molecule has 5 nitrogen and oxygen atoms in total. The number of rotatable bonds is 5. The van der Waals surface area contributed by atoms with Crippen LogP contribution in [0.4, 0.5) is 21.9 Å². The second kappa shape index (κ2) is 9.30. The van der Waals surface area contributed by atoms with Gasteiger partial charge >= 0.3 is 0 Å². The van der Waals surface area contributed by atoms with E-state index in [-0.39, 0.29) is 11.1 Å². The Kier molecular flexibility index (Phi) is 6.57. The Morgan fingerprint density at radius 2 is 1.41 bits per heavy atom. The largest absolute Gasteiger partial charge is 0.344 e. The molecule has 0 aliphatic heterocycles. The maximum atomic E-state index is 12.9. The lowest BCUT2D eigenvalue weighted by Crippen LogP contribution is -2.18. The van der Waals surface area contributed by atoms with E-state index in [1.54, 1.807) is 26.2 Å². The van der Waals surface area contributed by atoms with Crippen LogP contribution in [0.15, 0.2) is 83.8 Å². The highest BCUT2D eigenvalue weighted by molar-refractivity contribution is 8.13. The third-order valence-electron chi connectivity index (χ3n) is 4.34. The highest BCUT2D eigenvalue weighted by atomic mass is 32.2. The Morgan fingerprint density at radius 1 is 0.793 bits per heavy atom. The third kappa shape index (κ3) is 5.18. The SMILES string of the molecule is CN(C)C(=O)Sc1ccc(NC(=O)c2ccccc2N(C)c2ccccc2)cc1. The summed E-state index contributed by atoms with van der Waals surface area (Å²) >= 11 is 1.15. The molecule has 3 rings (SSSR count). The molecule has 0 radical (unpaired) electrons. The predicted octanol–water partition coefficient (Wildman–Crippen LogP) is 5.48.